The summed E-state index contributed by atoms with van der Waals surface area (Å²) < 4.78 is 38.8. The van der Waals surface area contributed by atoms with Gasteiger partial charge in [0, 0.05) is 6.20 Å². The van der Waals surface area contributed by atoms with Crippen molar-refractivity contribution in [2.75, 3.05) is 4.72 Å². The molecule has 0 aliphatic rings. The second-order valence-corrected chi connectivity index (χ2v) is 6.18. The Morgan fingerprint density at radius 1 is 1.37 bits per heavy atom. The minimum atomic E-state index is -3.98. The van der Waals surface area contributed by atoms with Crippen molar-refractivity contribution in [2.24, 2.45) is 0 Å². The van der Waals surface area contributed by atoms with E-state index in [-0.39, 0.29) is 14.8 Å². The van der Waals surface area contributed by atoms with Gasteiger partial charge in [0.15, 0.2) is 0 Å². The molecule has 0 unspecified atom stereocenters. The third-order valence-electron chi connectivity index (χ3n) is 2.04. The molecule has 0 bridgehead atoms. The number of hydrogen-bond donors (Lipinski definition) is 2. The maximum absolute atomic E-state index is 12.9. The van der Waals surface area contributed by atoms with Crippen molar-refractivity contribution in [1.29, 1.82) is 0 Å². The molecule has 19 heavy (non-hydrogen) atoms. The highest BCUT2D eigenvalue weighted by molar-refractivity contribution is 7.93. The van der Waals surface area contributed by atoms with Crippen LogP contribution in [-0.2, 0) is 10.0 Å². The molecule has 0 atom stereocenters. The van der Waals surface area contributed by atoms with E-state index < -0.39 is 21.8 Å². The van der Waals surface area contributed by atoms with Gasteiger partial charge in [0.1, 0.15) is 20.6 Å². The first-order valence-electron chi connectivity index (χ1n) is 4.85. The molecule has 2 N–H and O–H groups in total. The van der Waals surface area contributed by atoms with E-state index in [0.29, 0.717) is 0 Å². The third kappa shape index (κ3) is 3.06. The fourth-order valence-electron chi connectivity index (χ4n) is 1.24. The molecule has 0 saturated heterocycles. The van der Waals surface area contributed by atoms with Gasteiger partial charge in [0.05, 0.1) is 6.20 Å². The number of hydrogen-bond acceptors (Lipinski definition) is 5. The number of carboxylic acids is 1. The molecule has 2 heterocycles. The lowest BCUT2D eigenvalue weighted by Gasteiger charge is -2.04. The summed E-state index contributed by atoms with van der Waals surface area (Å²) in [4.78, 5) is 13.8. The summed E-state index contributed by atoms with van der Waals surface area (Å²) in [6.45, 7) is 0. The standard InChI is InChI=1S/C10H7FN2O4S2/c11-6-3-7(5-12-4-6)19(16,17)13-9-2-1-8(18-9)10(14)15/h1-5,13H,(H,14,15). The number of rotatable bonds is 4. The number of carbonyl (C=O) groups is 1. The molecule has 0 spiro atoms. The zero-order chi connectivity index (χ0) is 14.0. The highest BCUT2D eigenvalue weighted by Gasteiger charge is 2.17. The Hall–Kier alpha value is -2.00. The Kier molecular flexibility index (Phi) is 3.49. The summed E-state index contributed by atoms with van der Waals surface area (Å²) in [5.74, 6) is -1.93. The molecule has 9 heteroatoms. The van der Waals surface area contributed by atoms with Gasteiger partial charge in [0.25, 0.3) is 10.0 Å². The van der Waals surface area contributed by atoms with Crippen LogP contribution in [0, 0.1) is 5.82 Å². The number of nitrogens with zero attached hydrogens (tertiary/aromatic N) is 1. The molecule has 6 nitrogen and oxygen atoms in total. The average molecular weight is 302 g/mol. The molecule has 2 rings (SSSR count). The van der Waals surface area contributed by atoms with Crippen LogP contribution in [0.5, 0.6) is 0 Å². The lowest BCUT2D eigenvalue weighted by molar-refractivity contribution is 0.0702. The minimum absolute atomic E-state index is 0.00457. The molecule has 100 valence electrons. The molecular weight excluding hydrogens is 295 g/mol. The Morgan fingerprint density at radius 2 is 2.11 bits per heavy atom. The molecule has 2 aromatic rings. The van der Waals surface area contributed by atoms with Gasteiger partial charge in [-0.1, -0.05) is 0 Å². The summed E-state index contributed by atoms with van der Waals surface area (Å²) in [5.41, 5.74) is 0. The quantitative estimate of drug-likeness (QED) is 0.897. The average Bonchev–Trinajstić information content (AvgIpc) is 2.77. The van der Waals surface area contributed by atoms with Crippen molar-refractivity contribution in [3.05, 3.63) is 41.3 Å². The summed E-state index contributed by atoms with van der Waals surface area (Å²) in [7, 11) is -3.98. The fraction of sp³-hybridized carbons (Fsp3) is 0. The highest BCUT2D eigenvalue weighted by atomic mass is 32.2. The van der Waals surface area contributed by atoms with Gasteiger partial charge in [-0.15, -0.1) is 11.3 Å². The number of aromatic carboxylic acids is 1. The van der Waals surface area contributed by atoms with E-state index >= 15 is 0 Å². The lowest BCUT2D eigenvalue weighted by Crippen LogP contribution is -2.12. The van der Waals surface area contributed by atoms with Crippen molar-refractivity contribution < 1.29 is 22.7 Å². The fourth-order valence-corrected chi connectivity index (χ4v) is 3.25. The molecule has 0 fully saturated rings. The van der Waals surface area contributed by atoms with Crippen LogP contribution >= 0.6 is 11.3 Å². The van der Waals surface area contributed by atoms with Crippen molar-refractivity contribution >= 4 is 32.3 Å². The van der Waals surface area contributed by atoms with Crippen LogP contribution in [0.2, 0.25) is 0 Å². The maximum Gasteiger partial charge on any atom is 0.345 e. The monoisotopic (exact) mass is 302 g/mol. The number of thiophene rings is 1. The van der Waals surface area contributed by atoms with E-state index in [9.17, 15) is 17.6 Å². The van der Waals surface area contributed by atoms with Gasteiger partial charge in [0.2, 0.25) is 0 Å². The molecule has 0 amide bonds. The van der Waals surface area contributed by atoms with Gasteiger partial charge < -0.3 is 5.11 Å². The van der Waals surface area contributed by atoms with Crippen molar-refractivity contribution in [1.82, 2.24) is 4.98 Å². The molecule has 0 aliphatic heterocycles. The van der Waals surface area contributed by atoms with Gasteiger partial charge in [-0.3, -0.25) is 9.71 Å². The van der Waals surface area contributed by atoms with Crippen LogP contribution in [0.3, 0.4) is 0 Å². The smallest absolute Gasteiger partial charge is 0.345 e. The first-order chi connectivity index (χ1) is 8.88. The zero-order valence-electron chi connectivity index (χ0n) is 9.20. The number of pyridine rings is 1. The topological polar surface area (TPSA) is 96.4 Å². The summed E-state index contributed by atoms with van der Waals surface area (Å²) in [6, 6.07) is 3.41. The normalized spacial score (nSPS) is 11.2. The highest BCUT2D eigenvalue weighted by Crippen LogP contribution is 2.24. The van der Waals surface area contributed by atoms with E-state index in [1.54, 1.807) is 0 Å². The second-order valence-electron chi connectivity index (χ2n) is 3.41. The lowest BCUT2D eigenvalue weighted by atomic mass is 10.5. The van der Waals surface area contributed by atoms with Crippen LogP contribution in [0.25, 0.3) is 0 Å². The number of nitrogens with one attached hydrogen (secondary N) is 1. The van der Waals surface area contributed by atoms with Crippen LogP contribution in [-0.4, -0.2) is 24.5 Å². The number of halogens is 1. The Bertz CT molecular complexity index is 727. The third-order valence-corrected chi connectivity index (χ3v) is 4.49. The maximum atomic E-state index is 12.9. The molecule has 0 radical (unpaired) electrons. The summed E-state index contributed by atoms with van der Waals surface area (Å²) in [6.07, 6.45) is 1.88. The molecular formula is C10H7FN2O4S2. The SMILES string of the molecule is O=C(O)c1ccc(NS(=O)(=O)c2cncc(F)c2)s1. The van der Waals surface area contributed by atoms with Crippen molar-refractivity contribution in [3.8, 4) is 0 Å². The first kappa shape index (κ1) is 13.4. The molecule has 2 aromatic heterocycles. The van der Waals surface area contributed by atoms with Crippen LogP contribution in [0.4, 0.5) is 9.39 Å². The van der Waals surface area contributed by atoms with E-state index in [2.05, 4.69) is 9.71 Å². The van der Waals surface area contributed by atoms with Crippen LogP contribution in [0.15, 0.2) is 35.5 Å². The van der Waals surface area contributed by atoms with Crippen LogP contribution in [0.1, 0.15) is 9.67 Å². The van der Waals surface area contributed by atoms with Gasteiger partial charge in [-0.2, -0.15) is 0 Å². The summed E-state index contributed by atoms with van der Waals surface area (Å²) in [5, 5.41) is 8.85. The van der Waals surface area contributed by atoms with Crippen molar-refractivity contribution in [3.63, 3.8) is 0 Å². The van der Waals surface area contributed by atoms with Gasteiger partial charge in [-0.25, -0.2) is 17.6 Å². The number of carboxylic acid groups (broad SMARTS) is 1. The van der Waals surface area contributed by atoms with E-state index in [1.165, 1.54) is 12.1 Å². The number of sulfonamides is 1. The van der Waals surface area contributed by atoms with Crippen molar-refractivity contribution in [2.45, 2.75) is 4.90 Å². The Morgan fingerprint density at radius 3 is 2.68 bits per heavy atom. The van der Waals surface area contributed by atoms with E-state index in [4.69, 9.17) is 5.11 Å². The van der Waals surface area contributed by atoms with Crippen LogP contribution < -0.4 is 4.72 Å². The van der Waals surface area contributed by atoms with Gasteiger partial charge >= 0.3 is 5.97 Å². The van der Waals surface area contributed by atoms with E-state index in [1.807, 2.05) is 0 Å². The largest absolute Gasteiger partial charge is 0.477 e. The number of aromatic nitrogens is 1. The Labute approximate surface area is 111 Å². The minimum Gasteiger partial charge on any atom is -0.477 e. The number of anilines is 1. The second kappa shape index (κ2) is 4.94. The predicted molar refractivity (Wildman–Crippen MR) is 66.3 cm³/mol. The predicted octanol–water partition coefficient (Wildman–Crippen LogP) is 1.78. The zero-order valence-corrected chi connectivity index (χ0v) is 10.8. The Balaban J connectivity index is 2.28. The van der Waals surface area contributed by atoms with E-state index in [0.717, 1.165) is 29.8 Å². The summed E-state index contributed by atoms with van der Waals surface area (Å²) >= 11 is 0.763. The molecule has 0 saturated carbocycles. The van der Waals surface area contributed by atoms with Gasteiger partial charge in [-0.05, 0) is 18.2 Å². The first-order valence-corrected chi connectivity index (χ1v) is 7.15. The molecule has 0 aromatic carbocycles. The molecule has 0 aliphatic carbocycles.